The molecule has 0 saturated carbocycles. The van der Waals surface area contributed by atoms with Crippen LogP contribution < -0.4 is 20.1 Å². The van der Waals surface area contributed by atoms with E-state index in [1.807, 2.05) is 24.3 Å². The van der Waals surface area contributed by atoms with Crippen molar-refractivity contribution in [3.05, 3.63) is 89.1 Å². The molecule has 3 aromatic rings. The first-order valence-electron chi connectivity index (χ1n) is 11.1. The van der Waals surface area contributed by atoms with Crippen LogP contribution in [0.2, 0.25) is 0 Å². The largest absolute Gasteiger partial charge is 0.454 e. The van der Waals surface area contributed by atoms with Crippen LogP contribution in [0.5, 0.6) is 11.5 Å². The number of benzene rings is 3. The minimum absolute atomic E-state index is 0.0861. The van der Waals surface area contributed by atoms with E-state index in [0.717, 1.165) is 51.7 Å². The molecule has 166 valence electrons. The van der Waals surface area contributed by atoms with Gasteiger partial charge in [-0.05, 0) is 66.1 Å². The van der Waals surface area contributed by atoms with Crippen LogP contribution in [0.15, 0.2) is 82.9 Å². The quantitative estimate of drug-likeness (QED) is 0.463. The summed E-state index contributed by atoms with van der Waals surface area (Å²) in [6, 6.07) is 22.5. The van der Waals surface area contributed by atoms with E-state index in [4.69, 9.17) is 9.47 Å². The number of anilines is 2. The topological polar surface area (TPSA) is 59.6 Å². The molecule has 2 aliphatic heterocycles. The Kier molecular flexibility index (Phi) is 5.03. The highest BCUT2D eigenvalue weighted by Gasteiger charge is 2.36. The number of ketones is 1. The monoisotopic (exact) mass is 456 g/mol. The molecule has 0 radical (unpaired) electrons. The van der Waals surface area contributed by atoms with E-state index in [1.54, 1.807) is 11.8 Å². The maximum absolute atomic E-state index is 13.7. The number of allylic oxidation sites excluding steroid dienone is 1. The fraction of sp³-hybridized carbons (Fsp3) is 0.222. The van der Waals surface area contributed by atoms with E-state index in [0.29, 0.717) is 6.42 Å². The summed E-state index contributed by atoms with van der Waals surface area (Å²) in [5.41, 5.74) is 6.01. The van der Waals surface area contributed by atoms with Gasteiger partial charge < -0.3 is 20.1 Å². The Balaban J connectivity index is 1.41. The average molecular weight is 457 g/mol. The summed E-state index contributed by atoms with van der Waals surface area (Å²) in [6.07, 6.45) is 3.30. The van der Waals surface area contributed by atoms with Gasteiger partial charge in [-0.2, -0.15) is 0 Å². The summed E-state index contributed by atoms with van der Waals surface area (Å²) in [5, 5.41) is 7.25. The van der Waals surface area contributed by atoms with Crippen molar-refractivity contribution >= 4 is 28.9 Å². The van der Waals surface area contributed by atoms with Crippen molar-refractivity contribution in [2.45, 2.75) is 29.7 Å². The molecular weight excluding hydrogens is 432 g/mol. The van der Waals surface area contributed by atoms with Crippen LogP contribution in [0, 0.1) is 0 Å². The van der Waals surface area contributed by atoms with E-state index >= 15 is 0 Å². The zero-order valence-corrected chi connectivity index (χ0v) is 19.1. The van der Waals surface area contributed by atoms with Gasteiger partial charge in [-0.1, -0.05) is 30.3 Å². The average Bonchev–Trinajstić information content (AvgIpc) is 3.25. The Labute approximate surface area is 197 Å². The molecule has 6 heteroatoms. The maximum atomic E-state index is 13.7. The second-order valence-electron chi connectivity index (χ2n) is 8.55. The number of carbonyl (C=O) groups excluding carboxylic acids is 1. The number of hydrogen-bond acceptors (Lipinski definition) is 6. The van der Waals surface area contributed by atoms with Crippen molar-refractivity contribution in [3.8, 4) is 11.5 Å². The molecule has 3 aromatic carbocycles. The van der Waals surface area contributed by atoms with Gasteiger partial charge in [0.25, 0.3) is 0 Å². The molecule has 1 aliphatic carbocycles. The molecular formula is C27H24N2O3S. The first-order valence-corrected chi connectivity index (χ1v) is 12.3. The third kappa shape index (κ3) is 3.64. The van der Waals surface area contributed by atoms with Crippen LogP contribution in [0.4, 0.5) is 11.4 Å². The lowest BCUT2D eigenvalue weighted by molar-refractivity contribution is -0.116. The van der Waals surface area contributed by atoms with Crippen molar-refractivity contribution < 1.29 is 14.3 Å². The van der Waals surface area contributed by atoms with Gasteiger partial charge in [0.1, 0.15) is 0 Å². The lowest BCUT2D eigenvalue weighted by Gasteiger charge is -2.30. The summed E-state index contributed by atoms with van der Waals surface area (Å²) in [6.45, 7) is 0.249. The number of Topliss-reactive ketones (excluding diaryl/α,β-unsaturated/α-hetero) is 1. The van der Waals surface area contributed by atoms with Crippen LogP contribution in [0.1, 0.15) is 35.9 Å². The Morgan fingerprint density at radius 3 is 2.45 bits per heavy atom. The molecule has 33 heavy (non-hydrogen) atoms. The summed E-state index contributed by atoms with van der Waals surface area (Å²) in [4.78, 5) is 14.9. The number of para-hydroxylation sites is 2. The highest BCUT2D eigenvalue weighted by molar-refractivity contribution is 7.98. The summed E-state index contributed by atoms with van der Waals surface area (Å²) < 4.78 is 11.0. The number of fused-ring (bicyclic) bond motifs is 2. The minimum atomic E-state index is -0.197. The predicted octanol–water partition coefficient (Wildman–Crippen LogP) is 6.12. The van der Waals surface area contributed by atoms with Crippen molar-refractivity contribution in [2.75, 3.05) is 23.7 Å². The van der Waals surface area contributed by atoms with Crippen molar-refractivity contribution in [1.82, 2.24) is 0 Å². The van der Waals surface area contributed by atoms with Gasteiger partial charge >= 0.3 is 0 Å². The van der Waals surface area contributed by atoms with Crippen LogP contribution in [0.25, 0.3) is 0 Å². The maximum Gasteiger partial charge on any atom is 0.231 e. The standard InChI is InChI=1S/C27H24N2O3S/c1-33-19-9-6-16(7-10-19)27-26-22(28-20-4-2-3-5-21(20)29-27)12-18(13-23(26)30)17-8-11-24-25(14-17)32-15-31-24/h2-11,14,18,27-29H,12-13,15H2,1H3/t18-,27+/m1/s1. The number of hydrogen-bond donors (Lipinski definition) is 2. The Bertz CT molecular complexity index is 1270. The van der Waals surface area contributed by atoms with Crippen molar-refractivity contribution in [3.63, 3.8) is 0 Å². The van der Waals surface area contributed by atoms with Crippen LogP contribution in [-0.2, 0) is 4.79 Å². The first kappa shape index (κ1) is 20.2. The van der Waals surface area contributed by atoms with Crippen molar-refractivity contribution in [1.29, 1.82) is 0 Å². The van der Waals surface area contributed by atoms with E-state index in [1.165, 1.54) is 4.90 Å². The first-order chi connectivity index (χ1) is 16.2. The number of ether oxygens (including phenoxy) is 2. The lowest BCUT2D eigenvalue weighted by Crippen LogP contribution is -2.26. The van der Waals surface area contributed by atoms with Gasteiger partial charge in [-0.3, -0.25) is 4.79 Å². The molecule has 0 spiro atoms. The molecule has 6 rings (SSSR count). The molecule has 5 nitrogen and oxygen atoms in total. The zero-order valence-electron chi connectivity index (χ0n) is 18.3. The third-order valence-corrected chi connectivity index (χ3v) is 7.37. The van der Waals surface area contributed by atoms with Crippen molar-refractivity contribution in [2.24, 2.45) is 0 Å². The molecule has 0 bridgehead atoms. The number of nitrogens with one attached hydrogen (secondary N) is 2. The molecule has 0 unspecified atom stereocenters. The van der Waals surface area contributed by atoms with Crippen LogP contribution in [0.3, 0.4) is 0 Å². The SMILES string of the molecule is CSc1ccc([C@@H]2Nc3ccccc3NC3=C2C(=O)C[C@H](c2ccc4c(c2)OCO4)C3)cc1. The zero-order chi connectivity index (χ0) is 22.4. The predicted molar refractivity (Wildman–Crippen MR) is 131 cm³/mol. The fourth-order valence-electron chi connectivity index (χ4n) is 4.94. The normalized spacial score (nSPS) is 20.9. The van der Waals surface area contributed by atoms with Gasteiger partial charge in [0, 0.05) is 22.6 Å². The van der Waals surface area contributed by atoms with Crippen LogP contribution in [-0.4, -0.2) is 18.8 Å². The molecule has 0 aromatic heterocycles. The van der Waals surface area contributed by atoms with Gasteiger partial charge in [-0.15, -0.1) is 11.8 Å². The smallest absolute Gasteiger partial charge is 0.231 e. The molecule has 3 aliphatic rings. The second-order valence-corrected chi connectivity index (χ2v) is 9.43. The van der Waals surface area contributed by atoms with E-state index in [2.05, 4.69) is 59.4 Å². The van der Waals surface area contributed by atoms with E-state index in [-0.39, 0.29) is 24.5 Å². The molecule has 0 fully saturated rings. The second kappa shape index (κ2) is 8.19. The molecule has 2 N–H and O–H groups in total. The molecule has 0 saturated heterocycles. The molecule has 2 heterocycles. The summed E-state index contributed by atoms with van der Waals surface area (Å²) in [5.74, 6) is 1.78. The molecule has 2 atom stereocenters. The Morgan fingerprint density at radius 2 is 1.64 bits per heavy atom. The van der Waals surface area contributed by atoms with Gasteiger partial charge in [0.2, 0.25) is 6.79 Å². The Hall–Kier alpha value is -3.38. The lowest BCUT2D eigenvalue weighted by atomic mass is 9.78. The van der Waals surface area contributed by atoms with E-state index in [9.17, 15) is 4.79 Å². The van der Waals surface area contributed by atoms with E-state index < -0.39 is 0 Å². The fourth-order valence-corrected chi connectivity index (χ4v) is 5.35. The molecule has 0 amide bonds. The number of thioether (sulfide) groups is 1. The van der Waals surface area contributed by atoms with Crippen LogP contribution >= 0.6 is 11.8 Å². The van der Waals surface area contributed by atoms with Gasteiger partial charge in [0.15, 0.2) is 17.3 Å². The number of rotatable bonds is 3. The van der Waals surface area contributed by atoms with Gasteiger partial charge in [0.05, 0.1) is 17.4 Å². The highest BCUT2D eigenvalue weighted by atomic mass is 32.2. The number of carbonyl (C=O) groups is 1. The summed E-state index contributed by atoms with van der Waals surface area (Å²) >= 11 is 1.72. The Morgan fingerprint density at radius 1 is 0.879 bits per heavy atom. The summed E-state index contributed by atoms with van der Waals surface area (Å²) in [7, 11) is 0. The minimum Gasteiger partial charge on any atom is -0.454 e. The third-order valence-electron chi connectivity index (χ3n) is 6.63. The highest BCUT2D eigenvalue weighted by Crippen LogP contribution is 2.45. The van der Waals surface area contributed by atoms with Gasteiger partial charge in [-0.25, -0.2) is 0 Å².